The van der Waals surface area contributed by atoms with Gasteiger partial charge in [0, 0.05) is 26.2 Å². The van der Waals surface area contributed by atoms with E-state index in [4.69, 9.17) is 4.74 Å². The number of aromatic nitrogens is 1. The summed E-state index contributed by atoms with van der Waals surface area (Å²) in [5, 5.41) is 3.20. The molecule has 1 unspecified atom stereocenters. The third-order valence-electron chi connectivity index (χ3n) is 4.93. The number of thiazole rings is 1. The SMILES string of the molecule is CCOC(=O)c1sc(NC(=O)C2CCCN(C(=O)N3CCCC3)C2)nc1C. The molecule has 1 N–H and O–H groups in total. The summed E-state index contributed by atoms with van der Waals surface area (Å²) in [6, 6.07) is 0.0414. The number of rotatable bonds is 4. The highest BCUT2D eigenvalue weighted by atomic mass is 32.1. The highest BCUT2D eigenvalue weighted by Gasteiger charge is 2.32. The van der Waals surface area contributed by atoms with Crippen LogP contribution < -0.4 is 5.32 Å². The van der Waals surface area contributed by atoms with Crippen LogP contribution in [-0.2, 0) is 9.53 Å². The second-order valence-corrected chi connectivity index (χ2v) is 7.90. The standard InChI is InChI=1S/C18H26N4O4S/c1-3-26-16(24)14-12(2)19-17(27-14)20-15(23)13-7-6-10-22(11-13)18(25)21-8-4-5-9-21/h13H,3-11H2,1-2H3,(H,19,20,23). The van der Waals surface area contributed by atoms with Crippen LogP contribution in [-0.4, -0.2) is 65.5 Å². The molecule has 1 atom stereocenters. The largest absolute Gasteiger partial charge is 0.462 e. The maximum atomic E-state index is 12.7. The van der Waals surface area contributed by atoms with E-state index in [-0.39, 0.29) is 17.9 Å². The van der Waals surface area contributed by atoms with E-state index < -0.39 is 5.97 Å². The molecule has 0 aromatic carbocycles. The summed E-state index contributed by atoms with van der Waals surface area (Å²) in [6.07, 6.45) is 3.65. The molecule has 3 amide bonds. The lowest BCUT2D eigenvalue weighted by Crippen LogP contribution is -2.48. The van der Waals surface area contributed by atoms with Crippen molar-refractivity contribution in [2.45, 2.75) is 39.5 Å². The molecule has 3 heterocycles. The highest BCUT2D eigenvalue weighted by molar-refractivity contribution is 7.17. The Hall–Kier alpha value is -2.16. The summed E-state index contributed by atoms with van der Waals surface area (Å²) in [6.45, 7) is 6.49. The number of piperidine rings is 1. The normalized spacial score (nSPS) is 19.9. The molecule has 2 aliphatic heterocycles. The summed E-state index contributed by atoms with van der Waals surface area (Å²) in [4.78, 5) is 45.5. The maximum Gasteiger partial charge on any atom is 0.350 e. The fraction of sp³-hybridized carbons (Fsp3) is 0.667. The van der Waals surface area contributed by atoms with Gasteiger partial charge in [-0.1, -0.05) is 11.3 Å². The van der Waals surface area contributed by atoms with E-state index in [1.165, 1.54) is 0 Å². The van der Waals surface area contributed by atoms with Crippen LogP contribution in [0.1, 0.15) is 48.0 Å². The van der Waals surface area contributed by atoms with Gasteiger partial charge in [0.05, 0.1) is 18.2 Å². The number of esters is 1. The Morgan fingerprint density at radius 1 is 1.19 bits per heavy atom. The van der Waals surface area contributed by atoms with Crippen molar-refractivity contribution in [1.29, 1.82) is 0 Å². The van der Waals surface area contributed by atoms with Crippen molar-refractivity contribution in [3.05, 3.63) is 10.6 Å². The summed E-state index contributed by atoms with van der Waals surface area (Å²) in [5.74, 6) is -0.841. The lowest BCUT2D eigenvalue weighted by Gasteiger charge is -2.34. The monoisotopic (exact) mass is 394 g/mol. The van der Waals surface area contributed by atoms with Crippen LogP contribution >= 0.6 is 11.3 Å². The van der Waals surface area contributed by atoms with Crippen LogP contribution in [0.3, 0.4) is 0 Å². The molecule has 9 heteroatoms. The van der Waals surface area contributed by atoms with Crippen molar-refractivity contribution in [2.75, 3.05) is 38.1 Å². The second kappa shape index (κ2) is 8.69. The lowest BCUT2D eigenvalue weighted by molar-refractivity contribution is -0.121. The number of nitrogens with one attached hydrogen (secondary N) is 1. The number of likely N-dealkylation sites (tertiary alicyclic amines) is 2. The Kier molecular flexibility index (Phi) is 6.30. The summed E-state index contributed by atoms with van der Waals surface area (Å²) in [5.41, 5.74) is 0.545. The zero-order valence-electron chi connectivity index (χ0n) is 15.8. The Bertz CT molecular complexity index is 714. The smallest absolute Gasteiger partial charge is 0.350 e. The quantitative estimate of drug-likeness (QED) is 0.792. The van der Waals surface area contributed by atoms with Crippen molar-refractivity contribution in [2.24, 2.45) is 5.92 Å². The molecule has 27 heavy (non-hydrogen) atoms. The van der Waals surface area contributed by atoms with Gasteiger partial charge in [-0.25, -0.2) is 14.6 Å². The van der Waals surface area contributed by atoms with Crippen LogP contribution in [0.5, 0.6) is 0 Å². The van der Waals surface area contributed by atoms with Crippen molar-refractivity contribution in [3.8, 4) is 0 Å². The van der Waals surface area contributed by atoms with E-state index in [9.17, 15) is 14.4 Å². The zero-order chi connectivity index (χ0) is 19.4. The number of carbonyl (C=O) groups is 3. The van der Waals surface area contributed by atoms with E-state index in [1.807, 2.05) is 4.90 Å². The van der Waals surface area contributed by atoms with Crippen LogP contribution in [0.2, 0.25) is 0 Å². The molecule has 0 aliphatic carbocycles. The maximum absolute atomic E-state index is 12.7. The van der Waals surface area contributed by atoms with Gasteiger partial charge < -0.3 is 19.9 Å². The van der Waals surface area contributed by atoms with E-state index >= 15 is 0 Å². The molecule has 0 radical (unpaired) electrons. The predicted octanol–water partition coefficient (Wildman–Crippen LogP) is 2.49. The Morgan fingerprint density at radius 3 is 2.59 bits per heavy atom. The van der Waals surface area contributed by atoms with Gasteiger partial charge in [-0.3, -0.25) is 4.79 Å². The summed E-state index contributed by atoms with van der Waals surface area (Å²) >= 11 is 1.12. The van der Waals surface area contributed by atoms with Crippen LogP contribution in [0.15, 0.2) is 0 Å². The number of ether oxygens (including phenoxy) is 1. The topological polar surface area (TPSA) is 91.8 Å². The Morgan fingerprint density at radius 2 is 1.89 bits per heavy atom. The van der Waals surface area contributed by atoms with Crippen molar-refractivity contribution in [3.63, 3.8) is 0 Å². The fourth-order valence-corrected chi connectivity index (χ4v) is 4.38. The molecule has 2 fully saturated rings. The molecular formula is C18H26N4O4S. The highest BCUT2D eigenvalue weighted by Crippen LogP contribution is 2.26. The van der Waals surface area contributed by atoms with Crippen molar-refractivity contribution < 1.29 is 19.1 Å². The first-order chi connectivity index (χ1) is 13.0. The molecule has 8 nitrogen and oxygen atoms in total. The van der Waals surface area contributed by atoms with Gasteiger partial charge in [0.2, 0.25) is 5.91 Å². The van der Waals surface area contributed by atoms with Gasteiger partial charge in [-0.15, -0.1) is 0 Å². The minimum atomic E-state index is -0.423. The molecule has 148 valence electrons. The molecule has 0 bridgehead atoms. The fourth-order valence-electron chi connectivity index (χ4n) is 3.52. The van der Waals surface area contributed by atoms with E-state index in [0.29, 0.717) is 35.4 Å². The third-order valence-corrected chi connectivity index (χ3v) is 5.98. The third kappa shape index (κ3) is 4.58. The minimum Gasteiger partial charge on any atom is -0.462 e. The van der Waals surface area contributed by atoms with E-state index in [1.54, 1.807) is 18.7 Å². The van der Waals surface area contributed by atoms with Crippen LogP contribution in [0.25, 0.3) is 0 Å². The molecule has 0 spiro atoms. The molecule has 0 saturated carbocycles. The number of aryl methyl sites for hydroxylation is 1. The number of amides is 3. The van der Waals surface area contributed by atoms with Crippen molar-refractivity contribution >= 4 is 34.4 Å². The van der Waals surface area contributed by atoms with Crippen molar-refractivity contribution in [1.82, 2.24) is 14.8 Å². The average molecular weight is 394 g/mol. The van der Waals surface area contributed by atoms with Gasteiger partial charge in [-0.05, 0) is 39.5 Å². The van der Waals surface area contributed by atoms with Gasteiger partial charge in [0.15, 0.2) is 5.13 Å². The molecule has 3 rings (SSSR count). The number of hydrogen-bond donors (Lipinski definition) is 1. The molecule has 1 aromatic rings. The first kappa shape index (κ1) is 19.6. The number of anilines is 1. The number of carbonyl (C=O) groups excluding carboxylic acids is 3. The van der Waals surface area contributed by atoms with Gasteiger partial charge in [-0.2, -0.15) is 0 Å². The summed E-state index contributed by atoms with van der Waals surface area (Å²) < 4.78 is 5.00. The van der Waals surface area contributed by atoms with Gasteiger partial charge >= 0.3 is 12.0 Å². The number of hydrogen-bond acceptors (Lipinski definition) is 6. The van der Waals surface area contributed by atoms with Gasteiger partial charge in [0.25, 0.3) is 0 Å². The second-order valence-electron chi connectivity index (χ2n) is 6.91. The first-order valence-electron chi connectivity index (χ1n) is 9.49. The first-order valence-corrected chi connectivity index (χ1v) is 10.3. The molecule has 2 saturated heterocycles. The zero-order valence-corrected chi connectivity index (χ0v) is 16.6. The summed E-state index contributed by atoms with van der Waals surface area (Å²) in [7, 11) is 0. The number of urea groups is 1. The minimum absolute atomic E-state index is 0.0414. The van der Waals surface area contributed by atoms with Crippen LogP contribution in [0, 0.1) is 12.8 Å². The molecule has 1 aromatic heterocycles. The Labute approximate surface area is 162 Å². The average Bonchev–Trinajstić information content (AvgIpc) is 3.31. The lowest BCUT2D eigenvalue weighted by atomic mass is 9.97. The number of nitrogens with zero attached hydrogens (tertiary/aromatic N) is 3. The van der Waals surface area contributed by atoms with E-state index in [0.717, 1.165) is 50.1 Å². The van der Waals surface area contributed by atoms with Crippen LogP contribution in [0.4, 0.5) is 9.93 Å². The van der Waals surface area contributed by atoms with E-state index in [2.05, 4.69) is 10.3 Å². The predicted molar refractivity (Wildman–Crippen MR) is 102 cm³/mol. The molecular weight excluding hydrogens is 368 g/mol. The molecule has 2 aliphatic rings. The Balaban J connectivity index is 1.59. The van der Waals surface area contributed by atoms with Gasteiger partial charge in [0.1, 0.15) is 4.88 Å².